The van der Waals surface area contributed by atoms with E-state index < -0.39 is 12.2 Å². The molecule has 0 spiro atoms. The minimum Gasteiger partial charge on any atom is -0.449 e. The summed E-state index contributed by atoms with van der Waals surface area (Å²) in [6.07, 6.45) is 1.92. The van der Waals surface area contributed by atoms with E-state index in [1.54, 1.807) is 24.1 Å². The van der Waals surface area contributed by atoms with Crippen LogP contribution in [0.25, 0.3) is 11.1 Å². The number of aliphatic hydroxyl groups excluding tert-OH is 1. The molecule has 4 rings (SSSR count). The molecule has 1 amide bonds. The molecule has 0 fully saturated rings. The molecule has 2 N–H and O–H groups in total. The second kappa shape index (κ2) is 7.25. The third-order valence-corrected chi connectivity index (χ3v) is 4.89. The number of nitrogens with one attached hydrogen (secondary N) is 1. The van der Waals surface area contributed by atoms with Gasteiger partial charge in [0.2, 0.25) is 0 Å². The number of nitrogens with zero attached hydrogens (tertiary/aromatic N) is 2. The molecule has 1 atom stereocenters. The fourth-order valence-electron chi connectivity index (χ4n) is 3.56. The zero-order chi connectivity index (χ0) is 18.8. The van der Waals surface area contributed by atoms with Gasteiger partial charge in [0.05, 0.1) is 18.8 Å². The van der Waals surface area contributed by atoms with Crippen molar-refractivity contribution in [3.8, 4) is 11.1 Å². The third kappa shape index (κ3) is 3.44. The van der Waals surface area contributed by atoms with Crippen LogP contribution in [0.15, 0.2) is 60.9 Å². The maximum atomic E-state index is 12.1. The second-order valence-electron chi connectivity index (χ2n) is 6.67. The summed E-state index contributed by atoms with van der Waals surface area (Å²) in [5.41, 5.74) is 5.36. The van der Waals surface area contributed by atoms with Crippen molar-refractivity contribution < 1.29 is 14.6 Å². The van der Waals surface area contributed by atoms with Crippen LogP contribution in [0.2, 0.25) is 0 Å². The molecule has 6 nitrogen and oxygen atoms in total. The number of carbonyl (C=O) groups excluding carboxylic acids is 1. The van der Waals surface area contributed by atoms with Gasteiger partial charge in [0.25, 0.3) is 0 Å². The number of hydrogen-bond donors (Lipinski definition) is 2. The Morgan fingerprint density at radius 1 is 1.19 bits per heavy atom. The van der Waals surface area contributed by atoms with Gasteiger partial charge in [-0.2, -0.15) is 5.10 Å². The molecule has 27 heavy (non-hydrogen) atoms. The molecule has 2 aromatic carbocycles. The van der Waals surface area contributed by atoms with Crippen molar-refractivity contribution in [1.82, 2.24) is 15.1 Å². The Hall–Kier alpha value is -3.12. The smallest absolute Gasteiger partial charge is 0.407 e. The van der Waals surface area contributed by atoms with Gasteiger partial charge in [0.15, 0.2) is 0 Å². The predicted molar refractivity (Wildman–Crippen MR) is 101 cm³/mol. The Labute approximate surface area is 157 Å². The van der Waals surface area contributed by atoms with E-state index in [2.05, 4.69) is 34.7 Å². The van der Waals surface area contributed by atoms with Gasteiger partial charge in [-0.15, -0.1) is 0 Å². The van der Waals surface area contributed by atoms with E-state index >= 15 is 0 Å². The summed E-state index contributed by atoms with van der Waals surface area (Å²) in [6.45, 7) is 0.325. The van der Waals surface area contributed by atoms with Gasteiger partial charge < -0.3 is 15.2 Å². The summed E-state index contributed by atoms with van der Waals surface area (Å²) in [6, 6.07) is 16.4. The minimum absolute atomic E-state index is 0.0198. The zero-order valence-electron chi connectivity index (χ0n) is 15.0. The first kappa shape index (κ1) is 17.3. The Bertz CT molecular complexity index is 921. The van der Waals surface area contributed by atoms with Gasteiger partial charge in [-0.05, 0) is 22.3 Å². The van der Waals surface area contributed by atoms with E-state index in [-0.39, 0.29) is 19.1 Å². The van der Waals surface area contributed by atoms with E-state index in [9.17, 15) is 9.90 Å². The van der Waals surface area contributed by atoms with Crippen molar-refractivity contribution in [2.75, 3.05) is 13.2 Å². The number of alkyl carbamates (subject to hydrolysis) is 1. The number of rotatable bonds is 5. The molecule has 1 aromatic heterocycles. The summed E-state index contributed by atoms with van der Waals surface area (Å²) in [5.74, 6) is 0.0198. The van der Waals surface area contributed by atoms with Crippen molar-refractivity contribution in [3.63, 3.8) is 0 Å². The lowest BCUT2D eigenvalue weighted by Crippen LogP contribution is -2.30. The van der Waals surface area contributed by atoms with Gasteiger partial charge in [-0.3, -0.25) is 4.68 Å². The lowest BCUT2D eigenvalue weighted by Gasteiger charge is -2.15. The maximum Gasteiger partial charge on any atom is 0.407 e. The number of carbonyl (C=O) groups is 1. The largest absolute Gasteiger partial charge is 0.449 e. The molecule has 3 aromatic rings. The first-order valence-corrected chi connectivity index (χ1v) is 8.89. The normalized spacial score (nSPS) is 13.7. The number of fused-ring (bicyclic) bond motifs is 3. The number of benzene rings is 2. The van der Waals surface area contributed by atoms with Crippen molar-refractivity contribution in [3.05, 3.63) is 77.6 Å². The summed E-state index contributed by atoms with van der Waals surface area (Å²) in [4.78, 5) is 12.1. The van der Waals surface area contributed by atoms with E-state index in [0.29, 0.717) is 5.56 Å². The van der Waals surface area contributed by atoms with Crippen LogP contribution in [0.5, 0.6) is 0 Å². The first-order chi connectivity index (χ1) is 13.1. The first-order valence-electron chi connectivity index (χ1n) is 8.89. The SMILES string of the molecule is Cn1cc(C(O)CNC(=O)OCC2c3ccccc3-c3ccccc32)cn1. The molecule has 1 aliphatic rings. The number of aromatic nitrogens is 2. The average Bonchev–Trinajstić information content (AvgIpc) is 3.26. The summed E-state index contributed by atoms with van der Waals surface area (Å²) < 4.78 is 7.05. The Morgan fingerprint density at radius 3 is 2.41 bits per heavy atom. The van der Waals surface area contributed by atoms with Gasteiger partial charge in [0, 0.05) is 24.7 Å². The molecule has 1 heterocycles. The van der Waals surface area contributed by atoms with E-state index in [4.69, 9.17) is 4.74 Å². The number of aryl methyl sites for hydroxylation is 1. The molecular weight excluding hydrogens is 342 g/mol. The van der Waals surface area contributed by atoms with E-state index in [1.807, 2.05) is 24.3 Å². The highest BCUT2D eigenvalue weighted by Gasteiger charge is 2.29. The molecule has 6 heteroatoms. The molecule has 1 unspecified atom stereocenters. The van der Waals surface area contributed by atoms with Gasteiger partial charge in [-0.1, -0.05) is 48.5 Å². The van der Waals surface area contributed by atoms with Crippen LogP contribution in [-0.2, 0) is 11.8 Å². The number of ether oxygens (including phenoxy) is 1. The third-order valence-electron chi connectivity index (χ3n) is 4.89. The monoisotopic (exact) mass is 363 g/mol. The molecule has 0 saturated heterocycles. The molecule has 0 saturated carbocycles. The van der Waals surface area contributed by atoms with E-state index in [0.717, 1.165) is 0 Å². The molecular formula is C21H21N3O3. The Morgan fingerprint density at radius 2 is 1.81 bits per heavy atom. The van der Waals surface area contributed by atoms with Crippen LogP contribution in [0.3, 0.4) is 0 Å². The molecule has 0 radical (unpaired) electrons. The van der Waals surface area contributed by atoms with Crippen LogP contribution in [-0.4, -0.2) is 34.1 Å². The number of aliphatic hydroxyl groups is 1. The predicted octanol–water partition coefficient (Wildman–Crippen LogP) is 2.99. The standard InChI is InChI=1S/C21H21N3O3/c1-24-12-14(10-23-24)20(25)11-22-21(26)27-13-19-17-8-4-2-6-15(17)16-7-3-5-9-18(16)19/h2-10,12,19-20,25H,11,13H2,1H3,(H,22,26). The minimum atomic E-state index is -0.820. The highest BCUT2D eigenvalue weighted by molar-refractivity contribution is 5.79. The highest BCUT2D eigenvalue weighted by atomic mass is 16.5. The van der Waals surface area contributed by atoms with Gasteiger partial charge in [-0.25, -0.2) is 4.79 Å². The molecule has 1 aliphatic carbocycles. The van der Waals surface area contributed by atoms with Crippen molar-refractivity contribution in [1.29, 1.82) is 0 Å². The van der Waals surface area contributed by atoms with Crippen LogP contribution < -0.4 is 5.32 Å². The van der Waals surface area contributed by atoms with Crippen LogP contribution >= 0.6 is 0 Å². The summed E-state index contributed by atoms with van der Waals surface area (Å²) >= 11 is 0. The summed E-state index contributed by atoms with van der Waals surface area (Å²) in [5, 5.41) is 16.7. The number of amides is 1. The molecule has 0 aliphatic heterocycles. The Kier molecular flexibility index (Phi) is 4.64. The highest BCUT2D eigenvalue weighted by Crippen LogP contribution is 2.44. The van der Waals surface area contributed by atoms with Gasteiger partial charge in [0.1, 0.15) is 6.61 Å². The lowest BCUT2D eigenvalue weighted by atomic mass is 9.98. The second-order valence-corrected chi connectivity index (χ2v) is 6.67. The fourth-order valence-corrected chi connectivity index (χ4v) is 3.56. The zero-order valence-corrected chi connectivity index (χ0v) is 15.0. The van der Waals surface area contributed by atoms with Crippen LogP contribution in [0.4, 0.5) is 4.79 Å². The van der Waals surface area contributed by atoms with Crippen LogP contribution in [0.1, 0.15) is 28.7 Å². The van der Waals surface area contributed by atoms with Crippen molar-refractivity contribution >= 4 is 6.09 Å². The fraction of sp³-hybridized carbons (Fsp3) is 0.238. The molecule has 138 valence electrons. The summed E-state index contributed by atoms with van der Waals surface area (Å²) in [7, 11) is 1.77. The van der Waals surface area contributed by atoms with Crippen molar-refractivity contribution in [2.45, 2.75) is 12.0 Å². The topological polar surface area (TPSA) is 76.4 Å². The average molecular weight is 363 g/mol. The maximum absolute atomic E-state index is 12.1. The van der Waals surface area contributed by atoms with Gasteiger partial charge >= 0.3 is 6.09 Å². The van der Waals surface area contributed by atoms with Crippen molar-refractivity contribution in [2.24, 2.45) is 7.05 Å². The van der Waals surface area contributed by atoms with Crippen LogP contribution in [0, 0.1) is 0 Å². The van der Waals surface area contributed by atoms with E-state index in [1.165, 1.54) is 22.3 Å². The Balaban J connectivity index is 1.38. The number of hydrogen-bond acceptors (Lipinski definition) is 4. The lowest BCUT2D eigenvalue weighted by molar-refractivity contribution is 0.128. The molecule has 0 bridgehead atoms. The quantitative estimate of drug-likeness (QED) is 0.731.